The van der Waals surface area contributed by atoms with Crippen LogP contribution < -0.4 is 0 Å². The van der Waals surface area contributed by atoms with Crippen molar-refractivity contribution in [2.24, 2.45) is 0 Å². The Hall–Kier alpha value is -1.49. The second-order valence-electron chi connectivity index (χ2n) is 2.91. The number of rotatable bonds is 3. The molecule has 2 aromatic rings. The summed E-state index contributed by atoms with van der Waals surface area (Å²) in [6.07, 6.45) is 4.25. The Labute approximate surface area is 85.0 Å². The Morgan fingerprint density at radius 2 is 2.43 bits per heavy atom. The monoisotopic (exact) mass is 207 g/mol. The molecule has 5 heteroatoms. The standard InChI is InChI=1S/C9H9N3OS/c1-6-11-4-8(12-6)7(5-13)9-10-2-3-14-9/h2-5,7H,1H3,(H,11,12). The van der Waals surface area contributed by atoms with Gasteiger partial charge in [-0.1, -0.05) is 0 Å². The van der Waals surface area contributed by atoms with Gasteiger partial charge in [-0.25, -0.2) is 9.97 Å². The minimum absolute atomic E-state index is 0.309. The summed E-state index contributed by atoms with van der Waals surface area (Å²) >= 11 is 1.47. The molecule has 2 aromatic heterocycles. The molecule has 0 aliphatic rings. The lowest BCUT2D eigenvalue weighted by Crippen LogP contribution is -2.02. The third kappa shape index (κ3) is 1.58. The Balaban J connectivity index is 2.35. The molecule has 0 aliphatic carbocycles. The van der Waals surface area contributed by atoms with Crippen LogP contribution in [0.15, 0.2) is 17.8 Å². The predicted molar refractivity (Wildman–Crippen MR) is 53.3 cm³/mol. The van der Waals surface area contributed by atoms with Gasteiger partial charge in [0.05, 0.1) is 5.69 Å². The summed E-state index contributed by atoms with van der Waals surface area (Å²) in [6.45, 7) is 1.85. The van der Waals surface area contributed by atoms with Gasteiger partial charge in [-0.3, -0.25) is 0 Å². The third-order valence-corrected chi connectivity index (χ3v) is 2.77. The van der Waals surface area contributed by atoms with Crippen molar-refractivity contribution in [3.8, 4) is 0 Å². The highest BCUT2D eigenvalue weighted by molar-refractivity contribution is 7.09. The van der Waals surface area contributed by atoms with Gasteiger partial charge in [0.2, 0.25) is 0 Å². The number of aromatic nitrogens is 3. The quantitative estimate of drug-likeness (QED) is 0.776. The molecule has 1 unspecified atom stereocenters. The van der Waals surface area contributed by atoms with E-state index in [9.17, 15) is 4.79 Å². The summed E-state index contributed by atoms with van der Waals surface area (Å²) in [7, 11) is 0. The summed E-state index contributed by atoms with van der Waals surface area (Å²) in [5, 5.41) is 2.65. The first-order valence-corrected chi connectivity index (χ1v) is 5.05. The molecule has 0 saturated carbocycles. The average molecular weight is 207 g/mol. The number of carbonyl (C=O) groups excluding carboxylic acids is 1. The van der Waals surface area contributed by atoms with Crippen LogP contribution in [0.2, 0.25) is 0 Å². The number of carbonyl (C=O) groups is 1. The van der Waals surface area contributed by atoms with E-state index in [-0.39, 0.29) is 5.92 Å². The summed E-state index contributed by atoms with van der Waals surface area (Å²) < 4.78 is 0. The number of thiazole rings is 1. The van der Waals surface area contributed by atoms with Crippen molar-refractivity contribution in [3.05, 3.63) is 34.3 Å². The molecular weight excluding hydrogens is 198 g/mol. The molecule has 14 heavy (non-hydrogen) atoms. The van der Waals surface area contributed by atoms with Gasteiger partial charge in [-0.05, 0) is 6.92 Å². The van der Waals surface area contributed by atoms with Gasteiger partial charge in [-0.15, -0.1) is 11.3 Å². The highest BCUT2D eigenvalue weighted by Gasteiger charge is 2.17. The van der Waals surface area contributed by atoms with Crippen molar-refractivity contribution in [2.75, 3.05) is 0 Å². The van der Waals surface area contributed by atoms with Crippen LogP contribution in [-0.2, 0) is 4.79 Å². The Bertz CT molecular complexity index is 421. The summed E-state index contributed by atoms with van der Waals surface area (Å²) in [6, 6.07) is 0. The molecular formula is C9H9N3OS. The fourth-order valence-corrected chi connectivity index (χ4v) is 1.96. The zero-order valence-corrected chi connectivity index (χ0v) is 8.41. The number of aryl methyl sites for hydroxylation is 1. The molecule has 1 N–H and O–H groups in total. The van der Waals surface area contributed by atoms with Crippen LogP contribution in [-0.4, -0.2) is 21.2 Å². The maximum absolute atomic E-state index is 10.9. The van der Waals surface area contributed by atoms with Crippen LogP contribution in [0.4, 0.5) is 0 Å². The topological polar surface area (TPSA) is 58.6 Å². The second-order valence-corrected chi connectivity index (χ2v) is 3.83. The molecule has 1 atom stereocenters. The van der Waals surface area contributed by atoms with Gasteiger partial charge in [0.25, 0.3) is 0 Å². The SMILES string of the molecule is Cc1ncc(C(C=O)c2nccs2)[nH]1. The van der Waals surface area contributed by atoms with E-state index in [1.54, 1.807) is 12.4 Å². The van der Waals surface area contributed by atoms with E-state index >= 15 is 0 Å². The van der Waals surface area contributed by atoms with E-state index in [0.717, 1.165) is 22.8 Å². The smallest absolute Gasteiger partial charge is 0.135 e. The van der Waals surface area contributed by atoms with E-state index in [1.807, 2.05) is 12.3 Å². The number of H-pyrrole nitrogens is 1. The van der Waals surface area contributed by atoms with E-state index in [1.165, 1.54) is 11.3 Å². The average Bonchev–Trinajstić information content (AvgIpc) is 2.79. The normalized spacial score (nSPS) is 12.6. The molecule has 2 rings (SSSR count). The Morgan fingerprint density at radius 1 is 1.57 bits per heavy atom. The maximum atomic E-state index is 10.9. The van der Waals surface area contributed by atoms with Gasteiger partial charge in [0, 0.05) is 17.8 Å². The highest BCUT2D eigenvalue weighted by Crippen LogP contribution is 2.22. The van der Waals surface area contributed by atoms with Crippen molar-refractivity contribution in [1.29, 1.82) is 0 Å². The minimum atomic E-state index is -0.309. The molecule has 0 bridgehead atoms. The van der Waals surface area contributed by atoms with Crippen molar-refractivity contribution in [3.63, 3.8) is 0 Å². The number of hydrogen-bond acceptors (Lipinski definition) is 4. The van der Waals surface area contributed by atoms with Crippen LogP contribution in [0, 0.1) is 6.92 Å². The first-order valence-electron chi connectivity index (χ1n) is 4.17. The van der Waals surface area contributed by atoms with Crippen molar-refractivity contribution in [1.82, 2.24) is 15.0 Å². The molecule has 2 heterocycles. The summed E-state index contributed by atoms with van der Waals surface area (Å²) in [5.74, 6) is 0.500. The van der Waals surface area contributed by atoms with Gasteiger partial charge in [0.15, 0.2) is 0 Å². The van der Waals surface area contributed by atoms with Crippen molar-refractivity contribution < 1.29 is 4.79 Å². The minimum Gasteiger partial charge on any atom is -0.345 e. The van der Waals surface area contributed by atoms with Gasteiger partial charge >= 0.3 is 0 Å². The third-order valence-electron chi connectivity index (χ3n) is 1.91. The van der Waals surface area contributed by atoms with E-state index in [0.29, 0.717) is 0 Å². The van der Waals surface area contributed by atoms with Crippen LogP contribution in [0.25, 0.3) is 0 Å². The van der Waals surface area contributed by atoms with E-state index in [2.05, 4.69) is 15.0 Å². The molecule has 0 radical (unpaired) electrons. The van der Waals surface area contributed by atoms with Gasteiger partial charge in [0.1, 0.15) is 23.0 Å². The molecule has 0 spiro atoms. The fraction of sp³-hybridized carbons (Fsp3) is 0.222. The van der Waals surface area contributed by atoms with Crippen molar-refractivity contribution >= 4 is 17.6 Å². The van der Waals surface area contributed by atoms with Crippen LogP contribution >= 0.6 is 11.3 Å². The maximum Gasteiger partial charge on any atom is 0.135 e. The van der Waals surface area contributed by atoms with Crippen LogP contribution in [0.5, 0.6) is 0 Å². The van der Waals surface area contributed by atoms with Crippen molar-refractivity contribution in [2.45, 2.75) is 12.8 Å². The Morgan fingerprint density at radius 3 is 2.93 bits per heavy atom. The molecule has 72 valence electrons. The lowest BCUT2D eigenvalue weighted by molar-refractivity contribution is -0.108. The number of hydrogen-bond donors (Lipinski definition) is 1. The molecule has 0 fully saturated rings. The molecule has 4 nitrogen and oxygen atoms in total. The highest BCUT2D eigenvalue weighted by atomic mass is 32.1. The van der Waals surface area contributed by atoms with Crippen LogP contribution in [0.1, 0.15) is 22.4 Å². The molecule has 0 amide bonds. The number of nitrogens with one attached hydrogen (secondary N) is 1. The predicted octanol–water partition coefficient (Wildman–Crippen LogP) is 1.51. The Kier molecular flexibility index (Phi) is 2.41. The lowest BCUT2D eigenvalue weighted by Gasteiger charge is -2.02. The number of aldehydes is 1. The molecule has 0 aliphatic heterocycles. The number of nitrogens with zero attached hydrogens (tertiary/aromatic N) is 2. The van der Waals surface area contributed by atoms with Gasteiger partial charge in [-0.2, -0.15) is 0 Å². The largest absolute Gasteiger partial charge is 0.345 e. The first-order chi connectivity index (χ1) is 6.81. The van der Waals surface area contributed by atoms with E-state index < -0.39 is 0 Å². The second kappa shape index (κ2) is 3.71. The summed E-state index contributed by atoms with van der Waals surface area (Å²) in [5.41, 5.74) is 0.799. The first kappa shape index (κ1) is 9.08. The fourth-order valence-electron chi connectivity index (χ4n) is 1.25. The molecule has 0 aromatic carbocycles. The molecule has 0 saturated heterocycles. The zero-order chi connectivity index (χ0) is 9.97. The number of aromatic amines is 1. The number of imidazole rings is 1. The summed E-state index contributed by atoms with van der Waals surface area (Å²) in [4.78, 5) is 22.1. The van der Waals surface area contributed by atoms with Crippen LogP contribution in [0.3, 0.4) is 0 Å². The zero-order valence-electron chi connectivity index (χ0n) is 7.60. The lowest BCUT2D eigenvalue weighted by atomic mass is 10.1. The van der Waals surface area contributed by atoms with E-state index in [4.69, 9.17) is 0 Å². The van der Waals surface area contributed by atoms with Gasteiger partial charge < -0.3 is 9.78 Å².